The number of carbonyl (C=O) groups is 1. The predicted molar refractivity (Wildman–Crippen MR) is 133 cm³/mol. The molecule has 1 atom stereocenters. The van der Waals surface area contributed by atoms with E-state index in [1.165, 1.54) is 28.6 Å². The molecule has 2 aromatic carbocycles. The van der Waals surface area contributed by atoms with Crippen molar-refractivity contribution in [1.82, 2.24) is 9.21 Å². The lowest BCUT2D eigenvalue weighted by Crippen LogP contribution is -2.40. The molecule has 2 aliphatic heterocycles. The number of ether oxygens (including phenoxy) is 1. The number of carbonyl (C=O) groups excluding carboxylic acids is 1. The van der Waals surface area contributed by atoms with Crippen molar-refractivity contribution in [3.8, 4) is 5.75 Å². The molecule has 0 radical (unpaired) electrons. The third kappa shape index (κ3) is 5.62. The van der Waals surface area contributed by atoms with Gasteiger partial charge in [0.25, 0.3) is 0 Å². The van der Waals surface area contributed by atoms with Gasteiger partial charge in [0.1, 0.15) is 10.6 Å². The molecule has 34 heavy (non-hydrogen) atoms. The first kappa shape index (κ1) is 24.7. The van der Waals surface area contributed by atoms with Crippen LogP contribution < -0.4 is 10.1 Å². The van der Waals surface area contributed by atoms with Crippen molar-refractivity contribution >= 4 is 21.6 Å². The molecule has 2 aromatic rings. The van der Waals surface area contributed by atoms with Crippen LogP contribution in [0.3, 0.4) is 0 Å². The molecule has 2 saturated heterocycles. The number of rotatable bonds is 7. The van der Waals surface area contributed by atoms with Crippen LogP contribution >= 0.6 is 0 Å². The number of hydrogen-bond donors (Lipinski definition) is 1. The average molecular weight is 486 g/mol. The summed E-state index contributed by atoms with van der Waals surface area (Å²) in [4.78, 5) is 15.6. The Bertz CT molecular complexity index is 1110. The second-order valence-corrected chi connectivity index (χ2v) is 11.2. The maximum Gasteiger partial charge on any atom is 0.246 e. The number of amides is 1. The van der Waals surface area contributed by atoms with E-state index in [1.807, 2.05) is 6.07 Å². The van der Waals surface area contributed by atoms with Gasteiger partial charge in [0.2, 0.25) is 15.9 Å². The molecular weight excluding hydrogens is 450 g/mol. The zero-order chi connectivity index (χ0) is 24.1. The summed E-state index contributed by atoms with van der Waals surface area (Å²) in [7, 11) is -2.22. The van der Waals surface area contributed by atoms with Crippen molar-refractivity contribution < 1.29 is 17.9 Å². The summed E-state index contributed by atoms with van der Waals surface area (Å²) in [6.07, 6.45) is 4.55. The van der Waals surface area contributed by atoms with Gasteiger partial charge in [0, 0.05) is 31.9 Å². The van der Waals surface area contributed by atoms with Crippen molar-refractivity contribution in [3.63, 3.8) is 0 Å². The van der Waals surface area contributed by atoms with Gasteiger partial charge in [-0.15, -0.1) is 0 Å². The Kier molecular flexibility index (Phi) is 7.91. The van der Waals surface area contributed by atoms with Crippen molar-refractivity contribution in [3.05, 3.63) is 53.6 Å². The van der Waals surface area contributed by atoms with Crippen LogP contribution in [0.5, 0.6) is 5.75 Å². The lowest BCUT2D eigenvalue weighted by atomic mass is 9.96. The van der Waals surface area contributed by atoms with Crippen LogP contribution in [0.1, 0.15) is 43.2 Å². The molecular formula is C26H35N3O4S. The maximum absolute atomic E-state index is 13.3. The van der Waals surface area contributed by atoms with Gasteiger partial charge in [-0.05, 0) is 68.5 Å². The molecule has 1 amide bonds. The summed E-state index contributed by atoms with van der Waals surface area (Å²) in [6, 6.07) is 13.2. The first-order chi connectivity index (χ1) is 16.4. The van der Waals surface area contributed by atoms with Crippen LogP contribution in [0.2, 0.25) is 0 Å². The molecule has 0 spiro atoms. The van der Waals surface area contributed by atoms with Gasteiger partial charge in [-0.1, -0.05) is 30.7 Å². The molecule has 0 aliphatic carbocycles. The molecule has 2 fully saturated rings. The molecule has 0 bridgehead atoms. The van der Waals surface area contributed by atoms with E-state index < -0.39 is 10.0 Å². The smallest absolute Gasteiger partial charge is 0.246 e. The first-order valence-corrected chi connectivity index (χ1v) is 13.6. The molecule has 0 aromatic heterocycles. The lowest BCUT2D eigenvalue weighted by molar-refractivity contribution is -0.121. The number of nitrogens with one attached hydrogen (secondary N) is 1. The minimum atomic E-state index is -3.69. The summed E-state index contributed by atoms with van der Waals surface area (Å²) in [5, 5.41) is 2.97. The van der Waals surface area contributed by atoms with E-state index in [9.17, 15) is 13.2 Å². The molecule has 0 saturated carbocycles. The molecule has 184 valence electrons. The molecule has 7 nitrogen and oxygen atoms in total. The number of sulfonamides is 1. The predicted octanol–water partition coefficient (Wildman–Crippen LogP) is 4.03. The quantitative estimate of drug-likeness (QED) is 0.641. The van der Waals surface area contributed by atoms with E-state index in [0.29, 0.717) is 31.1 Å². The monoisotopic (exact) mass is 485 g/mol. The number of piperidine rings is 2. The number of nitrogens with zero attached hydrogens (tertiary/aromatic N) is 2. The fourth-order valence-corrected chi connectivity index (χ4v) is 6.58. The number of benzene rings is 2. The van der Waals surface area contributed by atoms with Crippen molar-refractivity contribution in [2.24, 2.45) is 5.92 Å². The zero-order valence-corrected chi connectivity index (χ0v) is 20.9. The Hall–Kier alpha value is -2.42. The van der Waals surface area contributed by atoms with Gasteiger partial charge in [0.05, 0.1) is 13.0 Å². The Labute approximate surface area is 203 Å². The normalized spacial score (nSPS) is 20.1. The molecule has 2 heterocycles. The van der Waals surface area contributed by atoms with E-state index in [2.05, 4.69) is 35.3 Å². The van der Waals surface area contributed by atoms with Crippen molar-refractivity contribution in [1.29, 1.82) is 0 Å². The third-order valence-electron chi connectivity index (χ3n) is 6.90. The Balaban J connectivity index is 1.46. The van der Waals surface area contributed by atoms with Crippen LogP contribution in [0.25, 0.3) is 0 Å². The fourth-order valence-electron chi connectivity index (χ4n) is 4.89. The molecule has 2 aliphatic rings. The molecule has 4 rings (SSSR count). The van der Waals surface area contributed by atoms with Crippen LogP contribution in [0.4, 0.5) is 5.69 Å². The van der Waals surface area contributed by atoms with Crippen LogP contribution in [-0.2, 0) is 21.4 Å². The molecule has 1 N–H and O–H groups in total. The van der Waals surface area contributed by atoms with Gasteiger partial charge in [0.15, 0.2) is 0 Å². The second kappa shape index (κ2) is 10.9. The summed E-state index contributed by atoms with van der Waals surface area (Å²) in [6.45, 7) is 5.63. The highest BCUT2D eigenvalue weighted by Gasteiger charge is 2.30. The number of aryl methyl sites for hydroxylation is 1. The molecule has 1 unspecified atom stereocenters. The van der Waals surface area contributed by atoms with E-state index >= 15 is 0 Å². The largest absolute Gasteiger partial charge is 0.495 e. The lowest BCUT2D eigenvalue weighted by Gasteiger charge is -2.32. The van der Waals surface area contributed by atoms with E-state index in [4.69, 9.17) is 4.74 Å². The summed E-state index contributed by atoms with van der Waals surface area (Å²) in [5.74, 6) is 0.0913. The van der Waals surface area contributed by atoms with E-state index in [-0.39, 0.29) is 16.7 Å². The van der Waals surface area contributed by atoms with E-state index in [1.54, 1.807) is 12.1 Å². The highest BCUT2D eigenvalue weighted by molar-refractivity contribution is 7.89. The highest BCUT2D eigenvalue weighted by Crippen LogP contribution is 2.31. The Morgan fingerprint density at radius 1 is 1.06 bits per heavy atom. The zero-order valence-electron chi connectivity index (χ0n) is 20.1. The van der Waals surface area contributed by atoms with E-state index in [0.717, 1.165) is 45.2 Å². The first-order valence-electron chi connectivity index (χ1n) is 12.1. The van der Waals surface area contributed by atoms with Crippen molar-refractivity contribution in [2.45, 2.75) is 50.5 Å². The van der Waals surface area contributed by atoms with Crippen LogP contribution in [0.15, 0.2) is 47.4 Å². The Morgan fingerprint density at radius 2 is 1.82 bits per heavy atom. The average Bonchev–Trinajstić information content (AvgIpc) is 2.86. The van der Waals surface area contributed by atoms with Crippen LogP contribution in [-0.4, -0.2) is 56.8 Å². The SMILES string of the molecule is COc1ccc(NC(=O)C2CCCN(Cc3ccccc3C)C2)cc1S(=O)(=O)N1CCCCC1. The number of hydrogen-bond acceptors (Lipinski definition) is 5. The third-order valence-corrected chi connectivity index (χ3v) is 8.82. The van der Waals surface area contributed by atoms with Gasteiger partial charge in [-0.25, -0.2) is 8.42 Å². The van der Waals surface area contributed by atoms with Crippen LogP contribution in [0, 0.1) is 12.8 Å². The fraction of sp³-hybridized carbons (Fsp3) is 0.500. The highest BCUT2D eigenvalue weighted by atomic mass is 32.2. The van der Waals surface area contributed by atoms with Gasteiger partial charge >= 0.3 is 0 Å². The van der Waals surface area contributed by atoms with Gasteiger partial charge in [-0.2, -0.15) is 4.31 Å². The summed E-state index contributed by atoms with van der Waals surface area (Å²) in [5.41, 5.74) is 3.03. The topological polar surface area (TPSA) is 79.0 Å². The minimum absolute atomic E-state index is 0.0685. The maximum atomic E-state index is 13.3. The van der Waals surface area contributed by atoms with Crippen molar-refractivity contribution in [2.75, 3.05) is 38.6 Å². The number of anilines is 1. The number of methoxy groups -OCH3 is 1. The minimum Gasteiger partial charge on any atom is -0.495 e. The summed E-state index contributed by atoms with van der Waals surface area (Å²) >= 11 is 0. The molecule has 8 heteroatoms. The standard InChI is InChI=1S/C26H35N3O4S/c1-20-9-4-5-10-21(20)18-28-14-8-11-22(19-28)26(30)27-23-12-13-24(33-2)25(17-23)34(31,32)29-15-6-3-7-16-29/h4-5,9-10,12-13,17,22H,3,6-8,11,14-16,18-19H2,1-2H3,(H,27,30). The summed E-state index contributed by atoms with van der Waals surface area (Å²) < 4.78 is 33.4. The van der Waals surface area contributed by atoms with Gasteiger partial charge in [-0.3, -0.25) is 9.69 Å². The number of likely N-dealkylation sites (tertiary alicyclic amines) is 1. The second-order valence-electron chi connectivity index (χ2n) is 9.32. The van der Waals surface area contributed by atoms with Gasteiger partial charge < -0.3 is 10.1 Å². The Morgan fingerprint density at radius 3 is 2.56 bits per heavy atom.